The number of carbonyl (C=O) groups is 1. The molecule has 1 aliphatic rings. The molecular weight excluding hydrogens is 426 g/mol. The summed E-state index contributed by atoms with van der Waals surface area (Å²) in [5.74, 6) is 1.55. The van der Waals surface area contributed by atoms with Crippen LogP contribution in [0.15, 0.2) is 53.1 Å². The third-order valence-electron chi connectivity index (χ3n) is 6.36. The Bertz CT molecular complexity index is 1070. The van der Waals surface area contributed by atoms with Crippen molar-refractivity contribution in [2.75, 3.05) is 44.2 Å². The zero-order chi connectivity index (χ0) is 23.9. The van der Waals surface area contributed by atoms with Crippen molar-refractivity contribution in [3.05, 3.63) is 65.5 Å². The van der Waals surface area contributed by atoms with Gasteiger partial charge in [-0.05, 0) is 36.1 Å². The van der Waals surface area contributed by atoms with Crippen LogP contribution in [-0.2, 0) is 11.2 Å². The van der Waals surface area contributed by atoms with Gasteiger partial charge in [0.2, 0.25) is 17.6 Å². The van der Waals surface area contributed by atoms with Gasteiger partial charge in [0.1, 0.15) is 0 Å². The standard InChI is InChI=1S/C27H35N5O2/c1-20(2)22-7-9-23(10-8-22)27-29-26(34-30-27)12-11-25(33)28-13-14-31-15-17-32(18-16-31)24-6-4-5-21(3)19-24/h4-10,19-20H,11-18H2,1-3H3,(H,28,33). The molecule has 0 spiro atoms. The summed E-state index contributed by atoms with van der Waals surface area (Å²) in [6.07, 6.45) is 0.785. The fourth-order valence-corrected chi connectivity index (χ4v) is 4.21. The molecule has 0 saturated carbocycles. The van der Waals surface area contributed by atoms with Crippen LogP contribution in [-0.4, -0.2) is 60.2 Å². The van der Waals surface area contributed by atoms with E-state index in [1.54, 1.807) is 0 Å². The van der Waals surface area contributed by atoms with E-state index in [4.69, 9.17) is 4.52 Å². The number of aromatic nitrogens is 2. The second-order valence-electron chi connectivity index (χ2n) is 9.31. The lowest BCUT2D eigenvalue weighted by Crippen LogP contribution is -2.48. The number of hydrogen-bond donors (Lipinski definition) is 1. The first-order valence-electron chi connectivity index (χ1n) is 12.2. The first kappa shape index (κ1) is 24.0. The minimum Gasteiger partial charge on any atom is -0.369 e. The molecule has 0 aliphatic carbocycles. The zero-order valence-corrected chi connectivity index (χ0v) is 20.5. The number of hydrogen-bond acceptors (Lipinski definition) is 6. The average Bonchev–Trinajstić information content (AvgIpc) is 3.32. The van der Waals surface area contributed by atoms with Crippen molar-refractivity contribution in [2.24, 2.45) is 0 Å². The van der Waals surface area contributed by atoms with E-state index in [-0.39, 0.29) is 5.91 Å². The smallest absolute Gasteiger partial charge is 0.227 e. The fraction of sp³-hybridized carbons (Fsp3) is 0.444. The third kappa shape index (κ3) is 6.44. The number of piperazine rings is 1. The number of benzene rings is 2. The van der Waals surface area contributed by atoms with Crippen LogP contribution in [0.5, 0.6) is 0 Å². The molecule has 0 radical (unpaired) electrons. The van der Waals surface area contributed by atoms with Crippen molar-refractivity contribution >= 4 is 11.6 Å². The first-order chi connectivity index (χ1) is 16.5. The summed E-state index contributed by atoms with van der Waals surface area (Å²) in [4.78, 5) is 21.6. The maximum atomic E-state index is 12.3. The summed E-state index contributed by atoms with van der Waals surface area (Å²) in [5.41, 5.74) is 4.79. The van der Waals surface area contributed by atoms with E-state index >= 15 is 0 Å². The van der Waals surface area contributed by atoms with Gasteiger partial charge in [-0.3, -0.25) is 9.69 Å². The molecule has 0 unspecified atom stereocenters. The molecule has 3 aromatic rings. The Balaban J connectivity index is 1.14. The molecule has 0 atom stereocenters. The highest BCUT2D eigenvalue weighted by Gasteiger charge is 2.17. The molecule has 34 heavy (non-hydrogen) atoms. The number of nitrogens with one attached hydrogen (secondary N) is 1. The molecule has 0 bridgehead atoms. The molecule has 2 aromatic carbocycles. The zero-order valence-electron chi connectivity index (χ0n) is 20.5. The first-order valence-corrected chi connectivity index (χ1v) is 12.2. The predicted octanol–water partition coefficient (Wildman–Crippen LogP) is 4.04. The molecule has 4 rings (SSSR count). The van der Waals surface area contributed by atoms with Crippen molar-refractivity contribution in [3.63, 3.8) is 0 Å². The summed E-state index contributed by atoms with van der Waals surface area (Å²) < 4.78 is 5.35. The SMILES string of the molecule is Cc1cccc(N2CCN(CCNC(=O)CCc3nc(-c4ccc(C(C)C)cc4)no3)CC2)c1. The van der Waals surface area contributed by atoms with Gasteiger partial charge < -0.3 is 14.7 Å². The molecule has 7 nitrogen and oxygen atoms in total. The molecule has 1 N–H and O–H groups in total. The Hall–Kier alpha value is -3.19. The molecule has 1 aliphatic heterocycles. The summed E-state index contributed by atoms with van der Waals surface area (Å²) in [6, 6.07) is 16.9. The Morgan fingerprint density at radius 2 is 1.85 bits per heavy atom. The van der Waals surface area contributed by atoms with Gasteiger partial charge in [0.05, 0.1) is 0 Å². The highest BCUT2D eigenvalue weighted by atomic mass is 16.5. The van der Waals surface area contributed by atoms with Crippen molar-refractivity contribution in [2.45, 2.75) is 39.5 Å². The predicted molar refractivity (Wildman–Crippen MR) is 135 cm³/mol. The molecule has 1 aromatic heterocycles. The number of anilines is 1. The number of aryl methyl sites for hydroxylation is 2. The maximum Gasteiger partial charge on any atom is 0.227 e. The molecule has 1 amide bonds. The van der Waals surface area contributed by atoms with Crippen LogP contribution in [0.25, 0.3) is 11.4 Å². The summed E-state index contributed by atoms with van der Waals surface area (Å²) in [5, 5.41) is 7.09. The van der Waals surface area contributed by atoms with E-state index in [9.17, 15) is 4.79 Å². The van der Waals surface area contributed by atoms with Gasteiger partial charge in [-0.15, -0.1) is 0 Å². The lowest BCUT2D eigenvalue weighted by atomic mass is 10.0. The van der Waals surface area contributed by atoms with Gasteiger partial charge in [0.15, 0.2) is 0 Å². The van der Waals surface area contributed by atoms with Crippen LogP contribution in [0, 0.1) is 6.92 Å². The van der Waals surface area contributed by atoms with Crippen molar-refractivity contribution in [3.8, 4) is 11.4 Å². The van der Waals surface area contributed by atoms with Gasteiger partial charge in [0, 0.05) is 63.4 Å². The van der Waals surface area contributed by atoms with E-state index in [1.165, 1.54) is 16.8 Å². The van der Waals surface area contributed by atoms with E-state index < -0.39 is 0 Å². The average molecular weight is 462 g/mol. The quantitative estimate of drug-likeness (QED) is 0.518. The van der Waals surface area contributed by atoms with Gasteiger partial charge in [0.25, 0.3) is 0 Å². The summed E-state index contributed by atoms with van der Waals surface area (Å²) in [7, 11) is 0. The molecule has 180 valence electrons. The van der Waals surface area contributed by atoms with Gasteiger partial charge >= 0.3 is 0 Å². The Morgan fingerprint density at radius 3 is 2.56 bits per heavy atom. The second kappa shape index (κ2) is 11.3. The molecule has 1 saturated heterocycles. The molecular formula is C27H35N5O2. The lowest BCUT2D eigenvalue weighted by Gasteiger charge is -2.36. The van der Waals surface area contributed by atoms with Crippen molar-refractivity contribution < 1.29 is 9.32 Å². The van der Waals surface area contributed by atoms with E-state index in [0.29, 0.717) is 37.0 Å². The topological polar surface area (TPSA) is 74.5 Å². The van der Waals surface area contributed by atoms with Crippen LogP contribution < -0.4 is 10.2 Å². The lowest BCUT2D eigenvalue weighted by molar-refractivity contribution is -0.121. The van der Waals surface area contributed by atoms with Gasteiger partial charge in [-0.1, -0.05) is 55.4 Å². The number of nitrogens with zero attached hydrogens (tertiary/aromatic N) is 4. The maximum absolute atomic E-state index is 12.3. The minimum absolute atomic E-state index is 0.0134. The van der Waals surface area contributed by atoms with Gasteiger partial charge in [-0.25, -0.2) is 0 Å². The normalized spacial score (nSPS) is 14.5. The van der Waals surface area contributed by atoms with Crippen LogP contribution in [0.3, 0.4) is 0 Å². The third-order valence-corrected chi connectivity index (χ3v) is 6.36. The largest absolute Gasteiger partial charge is 0.369 e. The second-order valence-corrected chi connectivity index (χ2v) is 9.31. The fourth-order valence-electron chi connectivity index (χ4n) is 4.21. The Kier molecular flexibility index (Phi) is 7.95. The monoisotopic (exact) mass is 461 g/mol. The number of rotatable bonds is 9. The van der Waals surface area contributed by atoms with E-state index in [1.807, 2.05) is 12.1 Å². The summed E-state index contributed by atoms with van der Waals surface area (Å²) in [6.45, 7) is 12.0. The highest BCUT2D eigenvalue weighted by Crippen LogP contribution is 2.21. The molecule has 1 fully saturated rings. The molecule has 2 heterocycles. The Morgan fingerprint density at radius 1 is 1.09 bits per heavy atom. The van der Waals surface area contributed by atoms with Crippen molar-refractivity contribution in [1.82, 2.24) is 20.4 Å². The Labute approximate surface area is 202 Å². The van der Waals surface area contributed by atoms with Crippen LogP contribution >= 0.6 is 0 Å². The minimum atomic E-state index is 0.0134. The van der Waals surface area contributed by atoms with Gasteiger partial charge in [-0.2, -0.15) is 4.98 Å². The summed E-state index contributed by atoms with van der Waals surface area (Å²) >= 11 is 0. The molecule has 7 heteroatoms. The number of amides is 1. The van der Waals surface area contributed by atoms with E-state index in [0.717, 1.165) is 38.3 Å². The van der Waals surface area contributed by atoms with Crippen LogP contribution in [0.1, 0.15) is 43.2 Å². The highest BCUT2D eigenvalue weighted by molar-refractivity contribution is 5.76. The van der Waals surface area contributed by atoms with E-state index in [2.05, 4.69) is 82.4 Å². The van der Waals surface area contributed by atoms with Crippen molar-refractivity contribution in [1.29, 1.82) is 0 Å². The van der Waals surface area contributed by atoms with Crippen LogP contribution in [0.4, 0.5) is 5.69 Å². The number of carbonyl (C=O) groups excluding carboxylic acids is 1. The van der Waals surface area contributed by atoms with Crippen LogP contribution in [0.2, 0.25) is 0 Å².